The van der Waals surface area contributed by atoms with Crippen LogP contribution in [0.4, 0.5) is 0 Å². The molecule has 0 spiro atoms. The van der Waals surface area contributed by atoms with Crippen molar-refractivity contribution in [3.8, 4) is 0 Å². The second kappa shape index (κ2) is 4.70. The number of hydrogen-bond acceptors (Lipinski definition) is 4. The molecule has 1 aliphatic heterocycles. The highest BCUT2D eigenvalue weighted by Crippen LogP contribution is 2.05. The first-order chi connectivity index (χ1) is 6.56. The lowest BCUT2D eigenvalue weighted by Gasteiger charge is -2.34. The Kier molecular flexibility index (Phi) is 3.82. The van der Waals surface area contributed by atoms with Gasteiger partial charge in [0.25, 0.3) is 0 Å². The first kappa shape index (κ1) is 11.4. The van der Waals surface area contributed by atoms with E-state index in [1.807, 2.05) is 0 Å². The number of piperidine rings is 1. The highest BCUT2D eigenvalue weighted by atomic mass is 16.3. The number of rotatable bonds is 2. The molecule has 1 saturated heterocycles. The first-order valence-corrected chi connectivity index (χ1v) is 4.63. The first-order valence-electron chi connectivity index (χ1n) is 4.63. The Bertz CT molecular complexity index is 212. The summed E-state index contributed by atoms with van der Waals surface area (Å²) in [6, 6.07) is -0.861. The minimum Gasteiger partial charge on any atom is -0.390 e. The quantitative estimate of drug-likeness (QED) is 0.318. The van der Waals surface area contributed by atoms with E-state index in [1.54, 1.807) is 5.32 Å². The van der Waals surface area contributed by atoms with Gasteiger partial charge in [-0.15, -0.1) is 0 Å². The molecule has 14 heavy (non-hydrogen) atoms. The van der Waals surface area contributed by atoms with Crippen LogP contribution >= 0.6 is 0 Å². The smallest absolute Gasteiger partial charge is 0.217 e. The lowest BCUT2D eigenvalue weighted by Crippen LogP contribution is -3.00. The topological polar surface area (TPSA) is 106 Å². The zero-order valence-electron chi connectivity index (χ0n) is 8.05. The fourth-order valence-electron chi connectivity index (χ4n) is 1.68. The molecule has 6 heteroatoms. The molecule has 0 aliphatic carbocycles. The van der Waals surface area contributed by atoms with Crippen LogP contribution in [0.5, 0.6) is 0 Å². The molecule has 4 atom stereocenters. The van der Waals surface area contributed by atoms with Crippen LogP contribution < -0.4 is 10.6 Å². The number of carbonyl (C=O) groups is 1. The standard InChI is InChI=1S/C8H16N2O4/c1-4(12)10-5-2-9-6(3-11)8(14)7(5)13/h5-9,11,13-14H,2-3H2,1H3,(H,10,12)/p+1/t5-,6+,7+,8+/m0/s1. The van der Waals surface area contributed by atoms with Crippen molar-refractivity contribution in [1.29, 1.82) is 0 Å². The summed E-state index contributed by atoms with van der Waals surface area (Å²) in [6.45, 7) is 1.63. The fourth-order valence-corrected chi connectivity index (χ4v) is 1.68. The number of aliphatic hydroxyl groups excluding tert-OH is 3. The molecule has 0 aromatic heterocycles. The van der Waals surface area contributed by atoms with E-state index in [-0.39, 0.29) is 12.5 Å². The summed E-state index contributed by atoms with van der Waals surface area (Å²) in [5.74, 6) is -0.239. The van der Waals surface area contributed by atoms with Crippen molar-refractivity contribution in [3.05, 3.63) is 0 Å². The number of nitrogens with two attached hydrogens (primary N) is 1. The molecule has 1 heterocycles. The van der Waals surface area contributed by atoms with Crippen LogP contribution in [-0.4, -0.2) is 58.7 Å². The maximum atomic E-state index is 10.7. The lowest BCUT2D eigenvalue weighted by molar-refractivity contribution is -0.712. The molecule has 1 fully saturated rings. The minimum atomic E-state index is -1.01. The molecule has 0 radical (unpaired) electrons. The largest absolute Gasteiger partial charge is 0.390 e. The van der Waals surface area contributed by atoms with Gasteiger partial charge in [-0.05, 0) is 0 Å². The number of nitrogens with one attached hydrogen (secondary N) is 1. The number of quaternary nitrogens is 1. The van der Waals surface area contributed by atoms with E-state index in [2.05, 4.69) is 5.32 Å². The van der Waals surface area contributed by atoms with Gasteiger partial charge in [0.15, 0.2) is 0 Å². The van der Waals surface area contributed by atoms with E-state index >= 15 is 0 Å². The predicted octanol–water partition coefficient (Wildman–Crippen LogP) is -3.85. The van der Waals surface area contributed by atoms with Crippen LogP contribution in [0, 0.1) is 0 Å². The molecule has 6 N–H and O–H groups in total. The summed E-state index contributed by atoms with van der Waals surface area (Å²) in [5, 5.41) is 32.2. The van der Waals surface area contributed by atoms with Crippen LogP contribution in [-0.2, 0) is 4.79 Å². The Labute approximate surface area is 81.9 Å². The molecular weight excluding hydrogens is 188 g/mol. The molecular formula is C8H17N2O4+. The van der Waals surface area contributed by atoms with E-state index < -0.39 is 24.3 Å². The number of hydrogen-bond donors (Lipinski definition) is 5. The van der Waals surface area contributed by atoms with E-state index in [9.17, 15) is 15.0 Å². The highest BCUT2D eigenvalue weighted by Gasteiger charge is 2.40. The monoisotopic (exact) mass is 205 g/mol. The summed E-state index contributed by atoms with van der Waals surface area (Å²) >= 11 is 0. The summed E-state index contributed by atoms with van der Waals surface area (Å²) in [4.78, 5) is 10.7. The van der Waals surface area contributed by atoms with Crippen LogP contribution in [0.3, 0.4) is 0 Å². The molecule has 1 aliphatic rings. The van der Waals surface area contributed by atoms with Crippen LogP contribution in [0.2, 0.25) is 0 Å². The Morgan fingerprint density at radius 1 is 1.50 bits per heavy atom. The average molecular weight is 205 g/mol. The molecule has 6 nitrogen and oxygen atoms in total. The Morgan fingerprint density at radius 2 is 2.14 bits per heavy atom. The molecule has 0 aromatic rings. The highest BCUT2D eigenvalue weighted by molar-refractivity contribution is 5.73. The summed E-state index contributed by atoms with van der Waals surface area (Å²) in [6.07, 6.45) is -2.02. The van der Waals surface area contributed by atoms with Crippen LogP contribution in [0.25, 0.3) is 0 Å². The SMILES string of the molecule is CC(=O)N[C@H]1C[NH2+][C@H](CO)[C@@H](O)[C@@H]1O. The summed E-state index contributed by atoms with van der Waals surface area (Å²) < 4.78 is 0. The van der Waals surface area contributed by atoms with Gasteiger partial charge < -0.3 is 26.0 Å². The van der Waals surface area contributed by atoms with Gasteiger partial charge in [-0.2, -0.15) is 0 Å². The Hall–Kier alpha value is -0.690. The van der Waals surface area contributed by atoms with Gasteiger partial charge in [-0.25, -0.2) is 0 Å². The third-order valence-electron chi connectivity index (χ3n) is 2.49. The minimum absolute atomic E-state index is 0.189. The molecule has 1 amide bonds. The third-order valence-corrected chi connectivity index (χ3v) is 2.49. The lowest BCUT2D eigenvalue weighted by atomic mass is 9.94. The van der Waals surface area contributed by atoms with Crippen molar-refractivity contribution in [2.75, 3.05) is 13.2 Å². The average Bonchev–Trinajstić information content (AvgIpc) is 2.13. The molecule has 0 saturated carbocycles. The van der Waals surface area contributed by atoms with Gasteiger partial charge in [0.05, 0.1) is 13.2 Å². The maximum Gasteiger partial charge on any atom is 0.217 e. The van der Waals surface area contributed by atoms with Gasteiger partial charge in [0, 0.05) is 6.92 Å². The number of aliphatic hydroxyl groups is 3. The third kappa shape index (κ3) is 2.42. The molecule has 0 bridgehead atoms. The van der Waals surface area contributed by atoms with E-state index in [0.29, 0.717) is 6.54 Å². The molecule has 82 valence electrons. The van der Waals surface area contributed by atoms with Crippen LogP contribution in [0.1, 0.15) is 6.92 Å². The number of carbonyl (C=O) groups excluding carboxylic acids is 1. The van der Waals surface area contributed by atoms with E-state index in [4.69, 9.17) is 5.11 Å². The van der Waals surface area contributed by atoms with Crippen LogP contribution in [0.15, 0.2) is 0 Å². The van der Waals surface area contributed by atoms with Gasteiger partial charge in [0.2, 0.25) is 5.91 Å². The zero-order valence-corrected chi connectivity index (χ0v) is 8.05. The van der Waals surface area contributed by atoms with Crippen molar-refractivity contribution >= 4 is 5.91 Å². The van der Waals surface area contributed by atoms with Crippen molar-refractivity contribution in [2.45, 2.75) is 31.2 Å². The van der Waals surface area contributed by atoms with Crippen molar-refractivity contribution in [1.82, 2.24) is 5.32 Å². The van der Waals surface area contributed by atoms with Gasteiger partial charge >= 0.3 is 0 Å². The van der Waals surface area contributed by atoms with Crippen molar-refractivity contribution < 1.29 is 25.4 Å². The fraction of sp³-hybridized carbons (Fsp3) is 0.875. The molecule has 1 rings (SSSR count). The summed E-state index contributed by atoms with van der Waals surface area (Å²) in [7, 11) is 0. The van der Waals surface area contributed by atoms with Gasteiger partial charge in [-0.3, -0.25) is 4.79 Å². The molecule has 0 aromatic carbocycles. The van der Waals surface area contributed by atoms with E-state index in [0.717, 1.165) is 0 Å². The van der Waals surface area contributed by atoms with Gasteiger partial charge in [0.1, 0.15) is 24.3 Å². The predicted molar refractivity (Wildman–Crippen MR) is 47.3 cm³/mol. The van der Waals surface area contributed by atoms with Crippen molar-refractivity contribution in [3.63, 3.8) is 0 Å². The molecule has 0 unspecified atom stereocenters. The normalized spacial score (nSPS) is 38.0. The Morgan fingerprint density at radius 3 is 2.64 bits per heavy atom. The van der Waals surface area contributed by atoms with Crippen molar-refractivity contribution in [2.24, 2.45) is 0 Å². The number of amides is 1. The maximum absolute atomic E-state index is 10.7. The second-order valence-electron chi connectivity index (χ2n) is 3.61. The zero-order chi connectivity index (χ0) is 10.7. The summed E-state index contributed by atoms with van der Waals surface area (Å²) in [5.41, 5.74) is 0. The second-order valence-corrected chi connectivity index (χ2v) is 3.61. The Balaban J connectivity index is 2.54. The van der Waals surface area contributed by atoms with Gasteiger partial charge in [-0.1, -0.05) is 0 Å². The van der Waals surface area contributed by atoms with E-state index in [1.165, 1.54) is 6.92 Å².